The number of nitrogens with one attached hydrogen (secondary N) is 1. The smallest absolute Gasteiger partial charge is 0.245 e. The normalized spacial score (nSPS) is 11.5. The average Bonchev–Trinajstić information content (AvgIpc) is 3.04. The molecule has 2 heterocycles. The Morgan fingerprint density at radius 3 is 2.72 bits per heavy atom. The Hall–Kier alpha value is -3.53. The summed E-state index contributed by atoms with van der Waals surface area (Å²) < 4.78 is 1.67. The zero-order valence-corrected chi connectivity index (χ0v) is 13.6. The molecule has 0 spiro atoms. The number of pyridine rings is 1. The Kier molecular flexibility index (Phi) is 4.81. The van der Waals surface area contributed by atoms with E-state index in [0.717, 1.165) is 11.1 Å². The van der Waals surface area contributed by atoms with Gasteiger partial charge >= 0.3 is 0 Å². The maximum atomic E-state index is 12.4. The third kappa shape index (κ3) is 3.53. The molecule has 2 aromatic heterocycles. The topological polar surface area (TPSA) is 96.5 Å². The van der Waals surface area contributed by atoms with Crippen LogP contribution in [0.2, 0.25) is 0 Å². The standard InChI is InChI=1S/C18H16N6O/c1-24-16(14-7-3-2-4-8-14)22-23-17(24)15(10-19)18(25)21-12-13-6-5-9-20-11-13/h2-9,11,15H,12H2,1H3,(H,21,25)/t15-/m1/s1. The molecule has 0 radical (unpaired) electrons. The quantitative estimate of drug-likeness (QED) is 0.768. The van der Waals surface area contributed by atoms with E-state index in [1.54, 1.807) is 30.1 Å². The van der Waals surface area contributed by atoms with Crippen molar-refractivity contribution in [3.63, 3.8) is 0 Å². The summed E-state index contributed by atoms with van der Waals surface area (Å²) in [5, 5.41) is 20.4. The van der Waals surface area contributed by atoms with Crippen LogP contribution in [-0.4, -0.2) is 25.7 Å². The van der Waals surface area contributed by atoms with E-state index in [0.29, 0.717) is 18.2 Å². The summed E-state index contributed by atoms with van der Waals surface area (Å²) in [4.78, 5) is 16.4. The summed E-state index contributed by atoms with van der Waals surface area (Å²) in [6.45, 7) is 0.300. The van der Waals surface area contributed by atoms with Crippen LogP contribution in [0.3, 0.4) is 0 Å². The number of carbonyl (C=O) groups excluding carboxylic acids is 1. The van der Waals surface area contributed by atoms with Gasteiger partial charge in [-0.2, -0.15) is 5.26 Å². The number of carbonyl (C=O) groups is 1. The molecule has 0 unspecified atom stereocenters. The predicted molar refractivity (Wildman–Crippen MR) is 90.9 cm³/mol. The fourth-order valence-electron chi connectivity index (χ4n) is 2.46. The van der Waals surface area contributed by atoms with Gasteiger partial charge in [-0.05, 0) is 11.6 Å². The third-order valence-electron chi connectivity index (χ3n) is 3.78. The first-order valence-electron chi connectivity index (χ1n) is 7.71. The molecule has 0 bridgehead atoms. The van der Waals surface area contributed by atoms with Crippen LogP contribution in [0.4, 0.5) is 0 Å². The van der Waals surface area contributed by atoms with E-state index in [1.807, 2.05) is 42.5 Å². The van der Waals surface area contributed by atoms with Crippen molar-refractivity contribution in [2.24, 2.45) is 7.05 Å². The fourth-order valence-corrected chi connectivity index (χ4v) is 2.46. The molecular formula is C18H16N6O. The van der Waals surface area contributed by atoms with Crippen LogP contribution >= 0.6 is 0 Å². The first kappa shape index (κ1) is 16.3. The molecule has 0 saturated carbocycles. The molecular weight excluding hydrogens is 316 g/mol. The van der Waals surface area contributed by atoms with E-state index >= 15 is 0 Å². The SMILES string of the molecule is Cn1c(-c2ccccc2)nnc1[C@@H](C#N)C(=O)NCc1cccnc1. The minimum absolute atomic E-state index is 0.300. The molecule has 0 aliphatic heterocycles. The van der Waals surface area contributed by atoms with Crippen molar-refractivity contribution in [1.82, 2.24) is 25.1 Å². The second-order valence-electron chi connectivity index (χ2n) is 5.45. The van der Waals surface area contributed by atoms with Crippen LogP contribution in [0.25, 0.3) is 11.4 Å². The molecule has 1 aromatic carbocycles. The van der Waals surface area contributed by atoms with Gasteiger partial charge in [0.25, 0.3) is 0 Å². The molecule has 0 aliphatic carbocycles. The molecule has 0 fully saturated rings. The zero-order chi connectivity index (χ0) is 17.6. The largest absolute Gasteiger partial charge is 0.350 e. The van der Waals surface area contributed by atoms with Crippen LogP contribution < -0.4 is 5.32 Å². The predicted octanol–water partition coefficient (Wildman–Crippen LogP) is 1.80. The van der Waals surface area contributed by atoms with Gasteiger partial charge in [0.1, 0.15) is 0 Å². The van der Waals surface area contributed by atoms with Crippen molar-refractivity contribution in [3.05, 3.63) is 66.2 Å². The van der Waals surface area contributed by atoms with Crippen molar-refractivity contribution in [1.29, 1.82) is 5.26 Å². The maximum absolute atomic E-state index is 12.4. The fraction of sp³-hybridized carbons (Fsp3) is 0.167. The molecule has 1 atom stereocenters. The van der Waals surface area contributed by atoms with Crippen molar-refractivity contribution < 1.29 is 4.79 Å². The first-order valence-corrected chi connectivity index (χ1v) is 7.71. The van der Waals surface area contributed by atoms with Gasteiger partial charge in [0, 0.05) is 31.5 Å². The van der Waals surface area contributed by atoms with Gasteiger partial charge in [-0.3, -0.25) is 9.78 Å². The second-order valence-corrected chi connectivity index (χ2v) is 5.45. The Morgan fingerprint density at radius 1 is 1.24 bits per heavy atom. The molecule has 3 aromatic rings. The number of amides is 1. The summed E-state index contributed by atoms with van der Waals surface area (Å²) in [6.07, 6.45) is 3.32. The Bertz CT molecular complexity index is 898. The van der Waals surface area contributed by atoms with Crippen molar-refractivity contribution >= 4 is 5.91 Å². The van der Waals surface area contributed by atoms with E-state index in [1.165, 1.54) is 0 Å². The lowest BCUT2D eigenvalue weighted by molar-refractivity contribution is -0.121. The summed E-state index contributed by atoms with van der Waals surface area (Å²) in [5.74, 6) is -0.533. The number of aromatic nitrogens is 4. The number of benzene rings is 1. The minimum Gasteiger partial charge on any atom is -0.350 e. The lowest BCUT2D eigenvalue weighted by Gasteiger charge is -2.10. The zero-order valence-electron chi connectivity index (χ0n) is 13.6. The molecule has 7 nitrogen and oxygen atoms in total. The van der Waals surface area contributed by atoms with Gasteiger partial charge in [0.15, 0.2) is 17.6 Å². The van der Waals surface area contributed by atoms with E-state index in [4.69, 9.17) is 0 Å². The molecule has 25 heavy (non-hydrogen) atoms. The van der Waals surface area contributed by atoms with Crippen LogP contribution in [0, 0.1) is 11.3 Å². The summed E-state index contributed by atoms with van der Waals surface area (Å²) in [5.41, 5.74) is 1.73. The van der Waals surface area contributed by atoms with Gasteiger partial charge in [-0.1, -0.05) is 36.4 Å². The Morgan fingerprint density at radius 2 is 2.04 bits per heavy atom. The van der Waals surface area contributed by atoms with Gasteiger partial charge in [0.2, 0.25) is 5.91 Å². The van der Waals surface area contributed by atoms with E-state index in [2.05, 4.69) is 20.5 Å². The van der Waals surface area contributed by atoms with Crippen LogP contribution in [0.5, 0.6) is 0 Å². The first-order chi connectivity index (χ1) is 12.2. The van der Waals surface area contributed by atoms with Crippen molar-refractivity contribution in [2.45, 2.75) is 12.5 Å². The second kappa shape index (κ2) is 7.36. The Balaban J connectivity index is 1.78. The number of hydrogen-bond donors (Lipinski definition) is 1. The maximum Gasteiger partial charge on any atom is 0.245 e. The molecule has 124 valence electrons. The number of rotatable bonds is 5. The summed E-state index contributed by atoms with van der Waals surface area (Å²) in [6, 6.07) is 15.1. The minimum atomic E-state index is -1.04. The third-order valence-corrected chi connectivity index (χ3v) is 3.78. The molecule has 0 aliphatic rings. The number of nitriles is 1. The van der Waals surface area contributed by atoms with Crippen molar-refractivity contribution in [3.8, 4) is 17.5 Å². The molecule has 3 rings (SSSR count). The Labute approximate surface area is 145 Å². The highest BCUT2D eigenvalue weighted by Gasteiger charge is 2.26. The van der Waals surface area contributed by atoms with Crippen LogP contribution in [0.15, 0.2) is 54.9 Å². The molecule has 0 saturated heterocycles. The lowest BCUT2D eigenvalue weighted by Crippen LogP contribution is -2.29. The van der Waals surface area contributed by atoms with Crippen molar-refractivity contribution in [2.75, 3.05) is 0 Å². The van der Waals surface area contributed by atoms with Gasteiger partial charge < -0.3 is 9.88 Å². The molecule has 7 heteroatoms. The van der Waals surface area contributed by atoms with Crippen LogP contribution in [-0.2, 0) is 18.4 Å². The van der Waals surface area contributed by atoms with Gasteiger partial charge in [-0.25, -0.2) is 0 Å². The summed E-state index contributed by atoms with van der Waals surface area (Å²) >= 11 is 0. The van der Waals surface area contributed by atoms with Crippen LogP contribution in [0.1, 0.15) is 17.3 Å². The lowest BCUT2D eigenvalue weighted by atomic mass is 10.1. The van der Waals surface area contributed by atoms with E-state index in [9.17, 15) is 10.1 Å². The molecule has 1 amide bonds. The molecule has 1 N–H and O–H groups in total. The average molecular weight is 332 g/mol. The highest BCUT2D eigenvalue weighted by molar-refractivity contribution is 5.85. The van der Waals surface area contributed by atoms with E-state index < -0.39 is 11.8 Å². The van der Waals surface area contributed by atoms with E-state index in [-0.39, 0.29) is 0 Å². The number of nitrogens with zero attached hydrogens (tertiary/aromatic N) is 5. The highest BCUT2D eigenvalue weighted by Crippen LogP contribution is 2.21. The highest BCUT2D eigenvalue weighted by atomic mass is 16.1. The summed E-state index contributed by atoms with van der Waals surface area (Å²) in [7, 11) is 1.75. The van der Waals surface area contributed by atoms with Gasteiger partial charge in [-0.15, -0.1) is 10.2 Å². The van der Waals surface area contributed by atoms with Gasteiger partial charge in [0.05, 0.1) is 6.07 Å². The number of hydrogen-bond acceptors (Lipinski definition) is 5. The monoisotopic (exact) mass is 332 g/mol.